The summed E-state index contributed by atoms with van der Waals surface area (Å²) in [6.07, 6.45) is 3.38. The van der Waals surface area contributed by atoms with Crippen molar-refractivity contribution in [3.05, 3.63) is 67.0 Å². The van der Waals surface area contributed by atoms with Crippen LogP contribution < -0.4 is 11.1 Å². The van der Waals surface area contributed by atoms with Gasteiger partial charge in [-0.15, -0.1) is 0 Å². The number of thioether (sulfide) groups is 1. The lowest BCUT2D eigenvalue weighted by Crippen LogP contribution is -2.15. The molecule has 0 aliphatic heterocycles. The van der Waals surface area contributed by atoms with Crippen molar-refractivity contribution in [1.82, 2.24) is 19.4 Å². The molecule has 0 saturated carbocycles. The van der Waals surface area contributed by atoms with Crippen LogP contribution in [0.3, 0.4) is 0 Å². The van der Waals surface area contributed by atoms with Gasteiger partial charge >= 0.3 is 0 Å². The maximum Gasteiger partial charge on any atom is 0.258 e. The molecule has 0 radical (unpaired) electrons. The lowest BCUT2D eigenvalue weighted by Gasteiger charge is -2.05. The molecule has 3 aromatic rings. The first-order valence-corrected chi connectivity index (χ1v) is 9.24. The molecule has 0 aliphatic rings. The van der Waals surface area contributed by atoms with Gasteiger partial charge in [0.05, 0.1) is 5.69 Å². The maximum atomic E-state index is 12.2. The first-order valence-electron chi connectivity index (χ1n) is 7.46. The molecule has 0 amide bonds. The third kappa shape index (κ3) is 3.93. The second kappa shape index (κ2) is 7.31. The molecule has 0 aromatic carbocycles. The SMILES string of the molecule is CCCc1cc(=O)[nH]c(SCc2cc(=O)n3cc(Br)ccc3n2)n1. The quantitative estimate of drug-likeness (QED) is 0.520. The number of nitrogens with zero attached hydrogens (tertiary/aromatic N) is 3. The van der Waals surface area contributed by atoms with Gasteiger partial charge in [-0.05, 0) is 34.5 Å². The van der Waals surface area contributed by atoms with Gasteiger partial charge in [-0.25, -0.2) is 9.97 Å². The van der Waals surface area contributed by atoms with E-state index in [9.17, 15) is 9.59 Å². The number of H-pyrrole nitrogens is 1. The van der Waals surface area contributed by atoms with Crippen LogP contribution in [-0.4, -0.2) is 19.4 Å². The largest absolute Gasteiger partial charge is 0.301 e. The number of aromatic nitrogens is 4. The van der Waals surface area contributed by atoms with Gasteiger partial charge in [0.2, 0.25) is 0 Å². The zero-order chi connectivity index (χ0) is 17.1. The Hall–Kier alpha value is -1.93. The second-order valence-electron chi connectivity index (χ2n) is 5.24. The van der Waals surface area contributed by atoms with Gasteiger partial charge in [0.1, 0.15) is 5.65 Å². The van der Waals surface area contributed by atoms with E-state index in [1.807, 2.05) is 13.0 Å². The molecule has 1 N–H and O–H groups in total. The predicted octanol–water partition coefficient (Wildman–Crippen LogP) is 2.79. The lowest BCUT2D eigenvalue weighted by atomic mass is 10.2. The number of pyridine rings is 1. The zero-order valence-corrected chi connectivity index (χ0v) is 15.4. The molecule has 0 bridgehead atoms. The third-order valence-corrected chi connectivity index (χ3v) is 4.69. The standard InChI is InChI=1S/C16H15BrN4O2S/c1-2-3-11-6-14(22)20-16(19-11)24-9-12-7-15(23)21-8-10(17)4-5-13(21)18-12/h4-8H,2-3,9H2,1H3,(H,19,20,22). The van der Waals surface area contributed by atoms with Crippen LogP contribution in [0, 0.1) is 0 Å². The highest BCUT2D eigenvalue weighted by molar-refractivity contribution is 9.10. The highest BCUT2D eigenvalue weighted by Crippen LogP contribution is 2.17. The number of aryl methyl sites for hydroxylation is 1. The van der Waals surface area contributed by atoms with Gasteiger partial charge in [0.15, 0.2) is 5.16 Å². The molecule has 6 nitrogen and oxygen atoms in total. The smallest absolute Gasteiger partial charge is 0.258 e. The monoisotopic (exact) mass is 406 g/mol. The lowest BCUT2D eigenvalue weighted by molar-refractivity contribution is 0.815. The Morgan fingerprint density at radius 3 is 2.83 bits per heavy atom. The summed E-state index contributed by atoms with van der Waals surface area (Å²) in [5.41, 5.74) is 1.71. The molecular formula is C16H15BrN4O2S. The molecule has 8 heteroatoms. The van der Waals surface area contributed by atoms with Crippen molar-refractivity contribution >= 4 is 33.3 Å². The van der Waals surface area contributed by atoms with Crippen LogP contribution in [0.2, 0.25) is 0 Å². The summed E-state index contributed by atoms with van der Waals surface area (Å²) >= 11 is 4.70. The van der Waals surface area contributed by atoms with E-state index in [0.29, 0.717) is 22.3 Å². The van der Waals surface area contributed by atoms with E-state index < -0.39 is 0 Å². The van der Waals surface area contributed by atoms with Crippen LogP contribution in [0.4, 0.5) is 0 Å². The van der Waals surface area contributed by atoms with E-state index in [4.69, 9.17) is 0 Å². The molecule has 3 heterocycles. The summed E-state index contributed by atoms with van der Waals surface area (Å²) in [4.78, 5) is 35.5. The maximum absolute atomic E-state index is 12.2. The summed E-state index contributed by atoms with van der Waals surface area (Å²) in [6, 6.07) is 6.64. The minimum absolute atomic E-state index is 0.141. The molecule has 0 fully saturated rings. The van der Waals surface area contributed by atoms with E-state index in [1.54, 1.807) is 12.3 Å². The molecule has 0 unspecified atom stereocenters. The number of hydrogen-bond acceptors (Lipinski definition) is 5. The Balaban J connectivity index is 1.84. The zero-order valence-electron chi connectivity index (χ0n) is 13.0. The molecule has 0 atom stereocenters. The molecule has 0 spiro atoms. The Labute approximate surface area is 150 Å². The van der Waals surface area contributed by atoms with Crippen molar-refractivity contribution in [2.45, 2.75) is 30.7 Å². The molecule has 3 rings (SSSR count). The van der Waals surface area contributed by atoms with E-state index in [-0.39, 0.29) is 11.1 Å². The number of fused-ring (bicyclic) bond motifs is 1. The van der Waals surface area contributed by atoms with Crippen molar-refractivity contribution in [1.29, 1.82) is 0 Å². The van der Waals surface area contributed by atoms with Gasteiger partial charge in [0.25, 0.3) is 11.1 Å². The molecular weight excluding hydrogens is 392 g/mol. The highest BCUT2D eigenvalue weighted by Gasteiger charge is 2.06. The van der Waals surface area contributed by atoms with Crippen molar-refractivity contribution in [2.24, 2.45) is 0 Å². The first kappa shape index (κ1) is 16.9. The van der Waals surface area contributed by atoms with Gasteiger partial charge in [-0.2, -0.15) is 0 Å². The highest BCUT2D eigenvalue weighted by atomic mass is 79.9. The molecule has 0 saturated heterocycles. The molecule has 24 heavy (non-hydrogen) atoms. The fraction of sp³-hybridized carbons (Fsp3) is 0.250. The average molecular weight is 407 g/mol. The summed E-state index contributed by atoms with van der Waals surface area (Å²) in [5.74, 6) is 0.459. The Kier molecular flexibility index (Phi) is 5.15. The van der Waals surface area contributed by atoms with Crippen LogP contribution in [0.5, 0.6) is 0 Å². The number of aromatic amines is 1. The topological polar surface area (TPSA) is 80.1 Å². The fourth-order valence-electron chi connectivity index (χ4n) is 2.28. The number of rotatable bonds is 5. The number of hydrogen-bond donors (Lipinski definition) is 1. The van der Waals surface area contributed by atoms with Crippen molar-refractivity contribution in [2.75, 3.05) is 0 Å². The Morgan fingerprint density at radius 2 is 2.04 bits per heavy atom. The normalized spacial score (nSPS) is 11.1. The van der Waals surface area contributed by atoms with Gasteiger partial charge in [-0.3, -0.25) is 14.0 Å². The average Bonchev–Trinajstić information content (AvgIpc) is 2.53. The van der Waals surface area contributed by atoms with Gasteiger partial charge < -0.3 is 4.98 Å². The van der Waals surface area contributed by atoms with Crippen molar-refractivity contribution in [3.63, 3.8) is 0 Å². The molecule has 124 valence electrons. The summed E-state index contributed by atoms with van der Waals surface area (Å²) in [7, 11) is 0. The number of halogens is 1. The van der Waals surface area contributed by atoms with Crippen molar-refractivity contribution < 1.29 is 0 Å². The van der Waals surface area contributed by atoms with Crippen LogP contribution in [0.15, 0.2) is 49.7 Å². The minimum atomic E-state index is -0.160. The van der Waals surface area contributed by atoms with Gasteiger partial charge in [0, 0.05) is 34.2 Å². The Morgan fingerprint density at radius 1 is 1.21 bits per heavy atom. The van der Waals surface area contributed by atoms with Crippen LogP contribution in [-0.2, 0) is 12.2 Å². The predicted molar refractivity (Wildman–Crippen MR) is 97.6 cm³/mol. The van der Waals surface area contributed by atoms with Crippen LogP contribution >= 0.6 is 27.7 Å². The summed E-state index contributed by atoms with van der Waals surface area (Å²) in [5, 5.41) is 0.545. The van der Waals surface area contributed by atoms with Crippen LogP contribution in [0.1, 0.15) is 24.7 Å². The minimum Gasteiger partial charge on any atom is -0.301 e. The van der Waals surface area contributed by atoms with E-state index >= 15 is 0 Å². The molecule has 3 aromatic heterocycles. The van der Waals surface area contributed by atoms with E-state index in [0.717, 1.165) is 23.0 Å². The van der Waals surface area contributed by atoms with E-state index in [2.05, 4.69) is 30.9 Å². The Bertz CT molecular complexity index is 999. The number of nitrogens with one attached hydrogen (secondary N) is 1. The summed E-state index contributed by atoms with van der Waals surface area (Å²) in [6.45, 7) is 2.04. The van der Waals surface area contributed by atoms with Crippen LogP contribution in [0.25, 0.3) is 5.65 Å². The second-order valence-corrected chi connectivity index (χ2v) is 7.12. The van der Waals surface area contributed by atoms with E-state index in [1.165, 1.54) is 28.3 Å². The third-order valence-electron chi connectivity index (χ3n) is 3.31. The van der Waals surface area contributed by atoms with Gasteiger partial charge in [-0.1, -0.05) is 25.1 Å². The fourth-order valence-corrected chi connectivity index (χ4v) is 3.40. The summed E-state index contributed by atoms with van der Waals surface area (Å²) < 4.78 is 2.30. The molecule has 0 aliphatic carbocycles. The first-order chi connectivity index (χ1) is 11.5. The van der Waals surface area contributed by atoms with Crippen molar-refractivity contribution in [3.8, 4) is 0 Å².